The second-order valence-corrected chi connectivity index (χ2v) is 4.93. The number of rotatable bonds is 8. The van der Waals surface area contributed by atoms with Crippen LogP contribution in [0.1, 0.15) is 19.8 Å². The molecule has 0 amide bonds. The number of likely N-dealkylation sites (tertiary alicyclic amines) is 1. The van der Waals surface area contributed by atoms with Gasteiger partial charge in [0.1, 0.15) is 0 Å². The Labute approximate surface area is 111 Å². The lowest BCUT2D eigenvalue weighted by Crippen LogP contribution is -2.53. The van der Waals surface area contributed by atoms with E-state index in [9.17, 15) is 0 Å². The van der Waals surface area contributed by atoms with Crippen LogP contribution < -0.4 is 5.73 Å². The van der Waals surface area contributed by atoms with Crippen LogP contribution in [-0.4, -0.2) is 70.2 Å². The fourth-order valence-electron chi connectivity index (χ4n) is 2.56. The van der Waals surface area contributed by atoms with Gasteiger partial charge in [-0.15, -0.1) is 0 Å². The van der Waals surface area contributed by atoms with Crippen LogP contribution in [-0.2, 0) is 14.2 Å². The number of hydrogen-bond donors (Lipinski definition) is 1. The van der Waals surface area contributed by atoms with Gasteiger partial charge >= 0.3 is 0 Å². The fourth-order valence-corrected chi connectivity index (χ4v) is 2.56. The minimum atomic E-state index is 0.301. The number of ether oxygens (including phenoxy) is 3. The van der Waals surface area contributed by atoms with E-state index in [1.165, 1.54) is 0 Å². The maximum atomic E-state index is 5.86. The van der Waals surface area contributed by atoms with E-state index in [4.69, 9.17) is 19.9 Å². The van der Waals surface area contributed by atoms with Crippen LogP contribution >= 0.6 is 0 Å². The zero-order valence-corrected chi connectivity index (χ0v) is 11.9. The van der Waals surface area contributed by atoms with Crippen molar-refractivity contribution in [3.63, 3.8) is 0 Å². The predicted molar refractivity (Wildman–Crippen MR) is 71.7 cm³/mol. The standard InChI is InChI=1S/C13H28N2O3/c1-11-8-13(17-3)4-5-15(11)12(9-14)10-18-7-6-16-2/h11-13H,4-10,14H2,1-3H3. The molecule has 3 atom stereocenters. The SMILES string of the molecule is COCCOCC(CN)N1CCC(OC)CC1C. The van der Waals surface area contributed by atoms with Gasteiger partial charge in [-0.05, 0) is 19.8 Å². The van der Waals surface area contributed by atoms with E-state index < -0.39 is 0 Å². The normalized spacial score (nSPS) is 27.3. The Morgan fingerprint density at radius 1 is 1.33 bits per heavy atom. The van der Waals surface area contributed by atoms with E-state index in [-0.39, 0.29) is 0 Å². The molecule has 0 aromatic heterocycles. The molecule has 108 valence electrons. The van der Waals surface area contributed by atoms with E-state index in [1.807, 2.05) is 0 Å². The molecule has 1 aliphatic heterocycles. The zero-order chi connectivity index (χ0) is 13.4. The fraction of sp³-hybridized carbons (Fsp3) is 1.00. The predicted octanol–water partition coefficient (Wildman–Crippen LogP) is 0.476. The molecule has 18 heavy (non-hydrogen) atoms. The lowest BCUT2D eigenvalue weighted by Gasteiger charge is -2.41. The van der Waals surface area contributed by atoms with Gasteiger partial charge in [0.2, 0.25) is 0 Å². The smallest absolute Gasteiger partial charge is 0.0701 e. The largest absolute Gasteiger partial charge is 0.382 e. The van der Waals surface area contributed by atoms with Crippen molar-refractivity contribution in [2.24, 2.45) is 5.73 Å². The van der Waals surface area contributed by atoms with Gasteiger partial charge in [-0.25, -0.2) is 0 Å². The summed E-state index contributed by atoms with van der Waals surface area (Å²) in [5.41, 5.74) is 5.86. The molecule has 0 aromatic carbocycles. The number of nitrogens with two attached hydrogens (primary N) is 1. The number of hydrogen-bond acceptors (Lipinski definition) is 5. The summed E-state index contributed by atoms with van der Waals surface area (Å²) in [4.78, 5) is 2.45. The molecule has 0 saturated carbocycles. The first-order valence-corrected chi connectivity index (χ1v) is 6.78. The topological polar surface area (TPSA) is 57.0 Å². The molecule has 1 heterocycles. The van der Waals surface area contributed by atoms with Gasteiger partial charge in [-0.1, -0.05) is 0 Å². The Morgan fingerprint density at radius 3 is 2.67 bits per heavy atom. The van der Waals surface area contributed by atoms with Gasteiger partial charge in [-0.2, -0.15) is 0 Å². The third-order valence-corrected chi connectivity index (χ3v) is 3.70. The molecule has 1 rings (SSSR count). The minimum Gasteiger partial charge on any atom is -0.382 e. The summed E-state index contributed by atoms with van der Waals surface area (Å²) >= 11 is 0. The molecule has 1 aliphatic rings. The molecule has 0 aromatic rings. The second kappa shape index (κ2) is 8.82. The summed E-state index contributed by atoms with van der Waals surface area (Å²) in [6, 6.07) is 0.804. The zero-order valence-electron chi connectivity index (χ0n) is 11.9. The van der Waals surface area contributed by atoms with E-state index in [1.54, 1.807) is 14.2 Å². The highest BCUT2D eigenvalue weighted by molar-refractivity contribution is 4.84. The Bertz CT molecular complexity index is 216. The van der Waals surface area contributed by atoms with Crippen molar-refractivity contribution in [2.75, 3.05) is 47.1 Å². The van der Waals surface area contributed by atoms with Crippen LogP contribution in [0.2, 0.25) is 0 Å². The van der Waals surface area contributed by atoms with Crippen molar-refractivity contribution in [3.05, 3.63) is 0 Å². The molecule has 0 aliphatic carbocycles. The van der Waals surface area contributed by atoms with Crippen LogP contribution in [0.25, 0.3) is 0 Å². The van der Waals surface area contributed by atoms with Gasteiger partial charge in [0.25, 0.3) is 0 Å². The highest BCUT2D eigenvalue weighted by Crippen LogP contribution is 2.21. The van der Waals surface area contributed by atoms with Gasteiger partial charge in [0, 0.05) is 39.4 Å². The molecule has 0 radical (unpaired) electrons. The molecular formula is C13H28N2O3. The van der Waals surface area contributed by atoms with E-state index in [2.05, 4.69) is 11.8 Å². The number of nitrogens with zero attached hydrogens (tertiary/aromatic N) is 1. The lowest BCUT2D eigenvalue weighted by molar-refractivity contribution is -0.0261. The van der Waals surface area contributed by atoms with Crippen LogP contribution in [0.5, 0.6) is 0 Å². The molecule has 1 fully saturated rings. The molecular weight excluding hydrogens is 232 g/mol. The Hall–Kier alpha value is -0.200. The van der Waals surface area contributed by atoms with Crippen LogP contribution in [0.3, 0.4) is 0 Å². The van der Waals surface area contributed by atoms with E-state index >= 15 is 0 Å². The number of piperidine rings is 1. The third kappa shape index (κ3) is 4.82. The van der Waals surface area contributed by atoms with Crippen LogP contribution in [0.15, 0.2) is 0 Å². The van der Waals surface area contributed by atoms with E-state index in [0.29, 0.717) is 44.6 Å². The monoisotopic (exact) mass is 260 g/mol. The van der Waals surface area contributed by atoms with Gasteiger partial charge in [0.05, 0.1) is 25.9 Å². The van der Waals surface area contributed by atoms with Crippen LogP contribution in [0.4, 0.5) is 0 Å². The lowest BCUT2D eigenvalue weighted by atomic mass is 9.98. The first-order valence-electron chi connectivity index (χ1n) is 6.78. The molecule has 3 unspecified atom stereocenters. The third-order valence-electron chi connectivity index (χ3n) is 3.70. The second-order valence-electron chi connectivity index (χ2n) is 4.93. The van der Waals surface area contributed by atoms with Crippen molar-refractivity contribution in [3.8, 4) is 0 Å². The first-order chi connectivity index (χ1) is 8.72. The van der Waals surface area contributed by atoms with Crippen molar-refractivity contribution in [2.45, 2.75) is 38.0 Å². The molecule has 5 nitrogen and oxygen atoms in total. The van der Waals surface area contributed by atoms with Crippen molar-refractivity contribution < 1.29 is 14.2 Å². The Kier molecular flexibility index (Phi) is 7.77. The van der Waals surface area contributed by atoms with Crippen molar-refractivity contribution in [1.29, 1.82) is 0 Å². The summed E-state index contributed by atoms with van der Waals surface area (Å²) in [5.74, 6) is 0. The molecule has 5 heteroatoms. The maximum absolute atomic E-state index is 5.86. The molecule has 1 saturated heterocycles. The average molecular weight is 260 g/mol. The summed E-state index contributed by atoms with van der Waals surface area (Å²) in [6.45, 7) is 5.86. The molecule has 0 spiro atoms. The summed E-state index contributed by atoms with van der Waals surface area (Å²) in [7, 11) is 3.47. The first kappa shape index (κ1) is 15.9. The molecule has 2 N–H and O–H groups in total. The quantitative estimate of drug-likeness (QED) is 0.643. The number of methoxy groups -OCH3 is 2. The highest BCUT2D eigenvalue weighted by Gasteiger charge is 2.29. The maximum Gasteiger partial charge on any atom is 0.0701 e. The van der Waals surface area contributed by atoms with Gasteiger partial charge in [-0.3, -0.25) is 4.90 Å². The van der Waals surface area contributed by atoms with E-state index in [0.717, 1.165) is 19.4 Å². The van der Waals surface area contributed by atoms with Crippen molar-refractivity contribution >= 4 is 0 Å². The minimum absolute atomic E-state index is 0.301. The van der Waals surface area contributed by atoms with Crippen LogP contribution in [0, 0.1) is 0 Å². The summed E-state index contributed by atoms with van der Waals surface area (Å²) in [5, 5.41) is 0. The molecule has 0 bridgehead atoms. The van der Waals surface area contributed by atoms with Gasteiger partial charge < -0.3 is 19.9 Å². The van der Waals surface area contributed by atoms with Gasteiger partial charge in [0.15, 0.2) is 0 Å². The highest BCUT2D eigenvalue weighted by atomic mass is 16.5. The average Bonchev–Trinajstić information content (AvgIpc) is 2.39. The Morgan fingerprint density at radius 2 is 2.11 bits per heavy atom. The Balaban J connectivity index is 2.35. The summed E-state index contributed by atoms with van der Waals surface area (Å²) in [6.07, 6.45) is 2.55. The summed E-state index contributed by atoms with van der Waals surface area (Å²) < 4.78 is 16.0. The van der Waals surface area contributed by atoms with Crippen molar-refractivity contribution in [1.82, 2.24) is 4.90 Å².